The minimum absolute atomic E-state index is 0.374. The van der Waals surface area contributed by atoms with Crippen molar-refractivity contribution in [3.63, 3.8) is 0 Å². The third kappa shape index (κ3) is 2.69. The van der Waals surface area contributed by atoms with Crippen molar-refractivity contribution in [3.8, 4) is 34.5 Å². The van der Waals surface area contributed by atoms with Gasteiger partial charge >= 0.3 is 0 Å². The van der Waals surface area contributed by atoms with Gasteiger partial charge in [0.1, 0.15) is 18.9 Å². The molecule has 0 spiro atoms. The maximum atomic E-state index is 6.29. The fourth-order valence-corrected chi connectivity index (χ4v) is 3.41. The second-order valence-corrected chi connectivity index (χ2v) is 6.54. The summed E-state index contributed by atoms with van der Waals surface area (Å²) in [5.74, 6) is 1.94. The second kappa shape index (κ2) is 6.26. The van der Waals surface area contributed by atoms with Crippen molar-refractivity contribution in [2.75, 3.05) is 19.8 Å². The molecule has 2 aliphatic heterocycles. The number of hydrogen-bond acceptors (Lipinski definition) is 7. The molecule has 0 saturated carbocycles. The predicted molar refractivity (Wildman–Crippen MR) is 94.4 cm³/mol. The Morgan fingerprint density at radius 2 is 2.00 bits per heavy atom. The van der Waals surface area contributed by atoms with E-state index in [0.717, 1.165) is 25.2 Å². The molecule has 0 aliphatic carbocycles. The van der Waals surface area contributed by atoms with Crippen molar-refractivity contribution in [1.29, 1.82) is 0 Å². The molecule has 1 aromatic carbocycles. The largest absolute Gasteiger partial charge is 0.486 e. The standard InChI is InChI=1S/C18H15ClN4O3/c19-12-7-11(8-15-16(12)25-6-5-24-15)17-22-18(26-23-17)13-2-1-10-3-4-20-9-14(10)21-13/h1-2,7-8,20H,3-6,9H2. The van der Waals surface area contributed by atoms with Crippen LogP contribution >= 0.6 is 11.6 Å². The van der Waals surface area contributed by atoms with Crippen molar-refractivity contribution in [1.82, 2.24) is 20.4 Å². The van der Waals surface area contributed by atoms with Gasteiger partial charge in [-0.25, -0.2) is 4.98 Å². The molecule has 8 heteroatoms. The Labute approximate surface area is 154 Å². The number of aromatic nitrogens is 3. The van der Waals surface area contributed by atoms with E-state index in [4.69, 9.17) is 25.6 Å². The number of hydrogen-bond donors (Lipinski definition) is 1. The SMILES string of the molecule is Clc1cc(-c2noc(-c3ccc4c(n3)CNCC4)n2)cc2c1OCCO2. The quantitative estimate of drug-likeness (QED) is 0.742. The van der Waals surface area contributed by atoms with Gasteiger partial charge in [0, 0.05) is 12.1 Å². The van der Waals surface area contributed by atoms with Gasteiger partial charge in [0.2, 0.25) is 5.82 Å². The summed E-state index contributed by atoms with van der Waals surface area (Å²) >= 11 is 6.29. The lowest BCUT2D eigenvalue weighted by Crippen LogP contribution is -2.24. The van der Waals surface area contributed by atoms with Gasteiger partial charge in [-0.3, -0.25) is 0 Å². The lowest BCUT2D eigenvalue weighted by atomic mass is 10.1. The molecule has 2 aromatic heterocycles. The number of benzene rings is 1. The van der Waals surface area contributed by atoms with Gasteiger partial charge < -0.3 is 19.3 Å². The van der Waals surface area contributed by atoms with Gasteiger partial charge in [-0.1, -0.05) is 22.8 Å². The van der Waals surface area contributed by atoms with Gasteiger partial charge in [0.25, 0.3) is 5.89 Å². The molecule has 1 N–H and O–H groups in total. The Morgan fingerprint density at radius 1 is 1.08 bits per heavy atom. The summed E-state index contributed by atoms with van der Waals surface area (Å²) in [4.78, 5) is 9.12. The van der Waals surface area contributed by atoms with E-state index in [0.29, 0.717) is 52.7 Å². The number of ether oxygens (including phenoxy) is 2. The highest BCUT2D eigenvalue weighted by Crippen LogP contribution is 2.40. The van der Waals surface area contributed by atoms with Crippen molar-refractivity contribution >= 4 is 11.6 Å². The maximum absolute atomic E-state index is 6.29. The van der Waals surface area contributed by atoms with E-state index in [1.165, 1.54) is 5.56 Å². The average Bonchev–Trinajstić information content (AvgIpc) is 3.18. The lowest BCUT2D eigenvalue weighted by Gasteiger charge is -2.19. The van der Waals surface area contributed by atoms with E-state index < -0.39 is 0 Å². The normalized spacial score (nSPS) is 15.6. The summed E-state index contributed by atoms with van der Waals surface area (Å²) in [5, 5.41) is 7.84. The molecule has 4 heterocycles. The number of nitrogens with zero attached hydrogens (tertiary/aromatic N) is 3. The average molecular weight is 371 g/mol. The minimum atomic E-state index is 0.374. The summed E-state index contributed by atoms with van der Waals surface area (Å²) in [5.41, 5.74) is 3.64. The van der Waals surface area contributed by atoms with Gasteiger partial charge in [-0.15, -0.1) is 0 Å². The Bertz CT molecular complexity index is 989. The van der Waals surface area contributed by atoms with Gasteiger partial charge in [0.15, 0.2) is 11.5 Å². The summed E-state index contributed by atoms with van der Waals surface area (Å²) in [6.45, 7) is 2.69. The van der Waals surface area contributed by atoms with Crippen LogP contribution < -0.4 is 14.8 Å². The summed E-state index contributed by atoms with van der Waals surface area (Å²) in [7, 11) is 0. The third-order valence-corrected chi connectivity index (χ3v) is 4.71. The van der Waals surface area contributed by atoms with Crippen LogP contribution in [0.15, 0.2) is 28.8 Å². The molecule has 0 atom stereocenters. The zero-order valence-corrected chi connectivity index (χ0v) is 14.5. The van der Waals surface area contributed by atoms with Crippen LogP contribution in [-0.4, -0.2) is 34.9 Å². The molecular weight excluding hydrogens is 356 g/mol. The smallest absolute Gasteiger partial charge is 0.276 e. The molecule has 2 aliphatic rings. The number of pyridine rings is 1. The number of nitrogens with one attached hydrogen (secondary N) is 1. The van der Waals surface area contributed by atoms with E-state index in [9.17, 15) is 0 Å². The monoisotopic (exact) mass is 370 g/mol. The van der Waals surface area contributed by atoms with Crippen molar-refractivity contribution in [2.45, 2.75) is 13.0 Å². The summed E-state index contributed by atoms with van der Waals surface area (Å²) < 4.78 is 16.6. The second-order valence-electron chi connectivity index (χ2n) is 6.13. The zero-order valence-electron chi connectivity index (χ0n) is 13.8. The molecule has 7 nitrogen and oxygen atoms in total. The number of rotatable bonds is 2. The van der Waals surface area contributed by atoms with E-state index in [1.54, 1.807) is 12.1 Å². The van der Waals surface area contributed by atoms with Crippen LogP contribution in [0, 0.1) is 0 Å². The first-order chi connectivity index (χ1) is 12.8. The first-order valence-electron chi connectivity index (χ1n) is 8.41. The number of halogens is 1. The minimum Gasteiger partial charge on any atom is -0.486 e. The molecule has 0 unspecified atom stereocenters. The first-order valence-corrected chi connectivity index (χ1v) is 8.79. The highest BCUT2D eigenvalue weighted by molar-refractivity contribution is 6.32. The summed E-state index contributed by atoms with van der Waals surface area (Å²) in [6.07, 6.45) is 0.980. The van der Waals surface area contributed by atoms with Crippen LogP contribution in [0.4, 0.5) is 0 Å². The molecular formula is C18H15ClN4O3. The number of fused-ring (bicyclic) bond motifs is 2. The molecule has 132 valence electrons. The fraction of sp³-hybridized carbons (Fsp3) is 0.278. The van der Waals surface area contributed by atoms with Crippen LogP contribution in [0.25, 0.3) is 23.0 Å². The van der Waals surface area contributed by atoms with Crippen molar-refractivity contribution < 1.29 is 14.0 Å². The molecule has 5 rings (SSSR count). The lowest BCUT2D eigenvalue weighted by molar-refractivity contribution is 0.172. The Morgan fingerprint density at radius 3 is 2.96 bits per heavy atom. The fourth-order valence-electron chi connectivity index (χ4n) is 3.14. The highest BCUT2D eigenvalue weighted by Gasteiger charge is 2.20. The summed E-state index contributed by atoms with van der Waals surface area (Å²) in [6, 6.07) is 7.54. The molecule has 0 saturated heterocycles. The first kappa shape index (κ1) is 15.6. The van der Waals surface area contributed by atoms with Gasteiger partial charge in [-0.05, 0) is 36.7 Å². The van der Waals surface area contributed by atoms with Gasteiger partial charge in [-0.2, -0.15) is 4.98 Å². The maximum Gasteiger partial charge on any atom is 0.276 e. The van der Waals surface area contributed by atoms with Gasteiger partial charge in [0.05, 0.1) is 10.7 Å². The topological polar surface area (TPSA) is 82.3 Å². The molecule has 0 fully saturated rings. The van der Waals surface area contributed by atoms with Crippen LogP contribution in [-0.2, 0) is 13.0 Å². The van der Waals surface area contributed by atoms with Crippen LogP contribution in [0.1, 0.15) is 11.3 Å². The Balaban J connectivity index is 1.50. The van der Waals surface area contributed by atoms with Crippen LogP contribution in [0.2, 0.25) is 5.02 Å². The van der Waals surface area contributed by atoms with E-state index in [2.05, 4.69) is 26.5 Å². The Kier molecular flexibility index (Phi) is 3.76. The van der Waals surface area contributed by atoms with Crippen molar-refractivity contribution in [2.24, 2.45) is 0 Å². The molecule has 0 radical (unpaired) electrons. The van der Waals surface area contributed by atoms with Crippen molar-refractivity contribution in [3.05, 3.63) is 40.5 Å². The van der Waals surface area contributed by atoms with Crippen LogP contribution in [0.5, 0.6) is 11.5 Å². The molecule has 0 bridgehead atoms. The predicted octanol–water partition coefficient (Wildman–Crippen LogP) is 2.87. The van der Waals surface area contributed by atoms with E-state index in [-0.39, 0.29) is 0 Å². The zero-order chi connectivity index (χ0) is 17.5. The van der Waals surface area contributed by atoms with Crippen LogP contribution in [0.3, 0.4) is 0 Å². The van der Waals surface area contributed by atoms with E-state index >= 15 is 0 Å². The molecule has 26 heavy (non-hydrogen) atoms. The van der Waals surface area contributed by atoms with E-state index in [1.807, 2.05) is 6.07 Å². The molecule has 0 amide bonds. The third-order valence-electron chi connectivity index (χ3n) is 4.43. The highest BCUT2D eigenvalue weighted by atomic mass is 35.5. The Hall–Kier alpha value is -2.64. The molecule has 3 aromatic rings.